The lowest BCUT2D eigenvalue weighted by atomic mass is 10.1. The summed E-state index contributed by atoms with van der Waals surface area (Å²) in [7, 11) is 1.63. The minimum Gasteiger partial charge on any atom is -0.493 e. The fourth-order valence-corrected chi connectivity index (χ4v) is 3.60. The van der Waals surface area contributed by atoms with Gasteiger partial charge in [0.15, 0.2) is 11.5 Å². The Morgan fingerprint density at radius 1 is 1.14 bits per heavy atom. The quantitative estimate of drug-likeness (QED) is 0.684. The molecule has 0 saturated carbocycles. The molecule has 5 heteroatoms. The maximum atomic E-state index is 13.9. The second kappa shape index (κ2) is 9.59. The van der Waals surface area contributed by atoms with Crippen molar-refractivity contribution in [1.29, 1.82) is 0 Å². The number of hydrogen-bond donors (Lipinski definition) is 0. The maximum Gasteiger partial charge on any atom is 0.162 e. The number of terminal acetylenes is 1. The number of nitrogens with zero attached hydrogens (tertiary/aromatic N) is 2. The van der Waals surface area contributed by atoms with Crippen molar-refractivity contribution in [2.45, 2.75) is 26.1 Å². The largest absolute Gasteiger partial charge is 0.493 e. The van der Waals surface area contributed by atoms with E-state index in [9.17, 15) is 4.39 Å². The van der Waals surface area contributed by atoms with Crippen LogP contribution in [0.3, 0.4) is 0 Å². The third-order valence-electron chi connectivity index (χ3n) is 5.13. The van der Waals surface area contributed by atoms with E-state index in [0.29, 0.717) is 24.1 Å². The highest BCUT2D eigenvalue weighted by Crippen LogP contribution is 2.29. The average molecular weight is 382 g/mol. The molecule has 0 N–H and O–H groups in total. The van der Waals surface area contributed by atoms with Gasteiger partial charge in [0.2, 0.25) is 0 Å². The van der Waals surface area contributed by atoms with Crippen LogP contribution in [0.5, 0.6) is 11.5 Å². The van der Waals surface area contributed by atoms with Gasteiger partial charge in [0.25, 0.3) is 0 Å². The number of hydrogen-bond acceptors (Lipinski definition) is 4. The highest BCUT2D eigenvalue weighted by molar-refractivity contribution is 5.43. The Balaban J connectivity index is 1.59. The Morgan fingerprint density at radius 2 is 1.96 bits per heavy atom. The smallest absolute Gasteiger partial charge is 0.162 e. The molecule has 1 atom stereocenters. The molecule has 0 aromatic heterocycles. The Morgan fingerprint density at radius 3 is 2.68 bits per heavy atom. The van der Waals surface area contributed by atoms with Crippen molar-refractivity contribution < 1.29 is 13.9 Å². The molecule has 0 bridgehead atoms. The third-order valence-corrected chi connectivity index (χ3v) is 5.13. The van der Waals surface area contributed by atoms with Crippen LogP contribution >= 0.6 is 0 Å². The maximum absolute atomic E-state index is 13.9. The summed E-state index contributed by atoms with van der Waals surface area (Å²) < 4.78 is 24.9. The van der Waals surface area contributed by atoms with E-state index in [2.05, 4.69) is 22.6 Å². The van der Waals surface area contributed by atoms with Crippen molar-refractivity contribution in [1.82, 2.24) is 9.80 Å². The van der Waals surface area contributed by atoms with Gasteiger partial charge in [-0.1, -0.05) is 30.2 Å². The highest BCUT2D eigenvalue weighted by Gasteiger charge is 2.24. The van der Waals surface area contributed by atoms with Gasteiger partial charge >= 0.3 is 0 Å². The second-order valence-corrected chi connectivity index (χ2v) is 7.12. The molecule has 0 amide bonds. The monoisotopic (exact) mass is 382 g/mol. The molecule has 0 aliphatic carbocycles. The van der Waals surface area contributed by atoms with E-state index in [-0.39, 0.29) is 12.4 Å². The van der Waals surface area contributed by atoms with E-state index < -0.39 is 0 Å². The van der Waals surface area contributed by atoms with Gasteiger partial charge in [0.1, 0.15) is 12.4 Å². The molecular formula is C23H27FN2O2. The van der Waals surface area contributed by atoms with Gasteiger partial charge in [-0.25, -0.2) is 4.39 Å². The van der Waals surface area contributed by atoms with Crippen LogP contribution in [0.1, 0.15) is 18.1 Å². The number of ether oxygens (including phenoxy) is 2. The molecule has 1 heterocycles. The summed E-state index contributed by atoms with van der Waals surface area (Å²) in [5, 5.41) is 0. The SMILES string of the molecule is C#CCOc1ccc(CN2CCN(Cc3ccccc3F)C[C@H]2C)cc1OC. The lowest BCUT2D eigenvalue weighted by Crippen LogP contribution is -2.50. The van der Waals surface area contributed by atoms with Crippen LogP contribution in [0.4, 0.5) is 4.39 Å². The first kappa shape index (κ1) is 20.2. The summed E-state index contributed by atoms with van der Waals surface area (Å²) in [6.07, 6.45) is 5.26. The van der Waals surface area contributed by atoms with Gasteiger partial charge in [-0.2, -0.15) is 0 Å². The minimum absolute atomic E-state index is 0.128. The Kier molecular flexibility index (Phi) is 6.91. The summed E-state index contributed by atoms with van der Waals surface area (Å²) in [6.45, 7) is 6.69. The lowest BCUT2D eigenvalue weighted by molar-refractivity contribution is 0.0726. The van der Waals surface area contributed by atoms with Crippen LogP contribution < -0.4 is 9.47 Å². The van der Waals surface area contributed by atoms with E-state index in [1.165, 1.54) is 11.6 Å². The van der Waals surface area contributed by atoms with Gasteiger partial charge in [-0.05, 0) is 30.7 Å². The summed E-state index contributed by atoms with van der Waals surface area (Å²) >= 11 is 0. The van der Waals surface area contributed by atoms with Gasteiger partial charge in [-0.15, -0.1) is 6.42 Å². The van der Waals surface area contributed by atoms with Gasteiger partial charge < -0.3 is 9.47 Å². The summed E-state index contributed by atoms with van der Waals surface area (Å²) in [6, 6.07) is 13.4. The standard InChI is InChI=1S/C23H27FN2O2/c1-4-13-28-22-10-9-19(14-23(22)27-3)16-26-12-11-25(15-18(26)2)17-20-7-5-6-8-21(20)24/h1,5-10,14,18H,11-13,15-17H2,2-3H3/t18-/m1/s1. The topological polar surface area (TPSA) is 24.9 Å². The molecular weight excluding hydrogens is 355 g/mol. The Bertz CT molecular complexity index is 834. The molecule has 1 fully saturated rings. The van der Waals surface area contributed by atoms with E-state index in [1.54, 1.807) is 13.2 Å². The van der Waals surface area contributed by atoms with Crippen molar-refractivity contribution in [2.24, 2.45) is 0 Å². The molecule has 4 nitrogen and oxygen atoms in total. The van der Waals surface area contributed by atoms with Crippen molar-refractivity contribution in [3.8, 4) is 23.8 Å². The summed E-state index contributed by atoms with van der Waals surface area (Å²) in [5.74, 6) is 3.69. The third kappa shape index (κ3) is 5.03. The predicted molar refractivity (Wildman–Crippen MR) is 109 cm³/mol. The predicted octanol–water partition coefficient (Wildman–Crippen LogP) is 3.55. The van der Waals surface area contributed by atoms with E-state index in [1.807, 2.05) is 30.3 Å². The van der Waals surface area contributed by atoms with E-state index in [4.69, 9.17) is 15.9 Å². The van der Waals surface area contributed by atoms with Crippen molar-refractivity contribution >= 4 is 0 Å². The minimum atomic E-state index is -0.128. The van der Waals surface area contributed by atoms with Crippen LogP contribution in [-0.4, -0.2) is 49.2 Å². The lowest BCUT2D eigenvalue weighted by Gasteiger charge is -2.40. The van der Waals surface area contributed by atoms with Crippen LogP contribution in [0.25, 0.3) is 0 Å². The van der Waals surface area contributed by atoms with Gasteiger partial charge in [0.05, 0.1) is 7.11 Å². The first-order valence-corrected chi connectivity index (χ1v) is 9.53. The van der Waals surface area contributed by atoms with Crippen LogP contribution in [0, 0.1) is 18.2 Å². The first-order chi connectivity index (χ1) is 13.6. The zero-order valence-corrected chi connectivity index (χ0v) is 16.5. The second-order valence-electron chi connectivity index (χ2n) is 7.12. The normalized spacial score (nSPS) is 17.9. The van der Waals surface area contributed by atoms with E-state index >= 15 is 0 Å². The van der Waals surface area contributed by atoms with E-state index in [0.717, 1.165) is 31.7 Å². The molecule has 0 unspecified atom stereocenters. The highest BCUT2D eigenvalue weighted by atomic mass is 19.1. The molecule has 2 aromatic rings. The Hall–Kier alpha value is -2.55. The average Bonchev–Trinajstić information content (AvgIpc) is 2.70. The molecule has 1 aliphatic heterocycles. The summed E-state index contributed by atoms with van der Waals surface area (Å²) in [4.78, 5) is 4.76. The molecule has 0 radical (unpaired) electrons. The first-order valence-electron chi connectivity index (χ1n) is 9.53. The number of halogens is 1. The molecule has 3 rings (SSSR count). The molecule has 2 aromatic carbocycles. The number of methoxy groups -OCH3 is 1. The van der Waals surface area contributed by atoms with Gasteiger partial charge in [0, 0.05) is 44.3 Å². The van der Waals surface area contributed by atoms with Crippen LogP contribution in [0.2, 0.25) is 0 Å². The van der Waals surface area contributed by atoms with Crippen molar-refractivity contribution in [3.63, 3.8) is 0 Å². The summed E-state index contributed by atoms with van der Waals surface area (Å²) in [5.41, 5.74) is 1.93. The molecule has 1 saturated heterocycles. The number of benzene rings is 2. The van der Waals surface area contributed by atoms with Gasteiger partial charge in [-0.3, -0.25) is 9.80 Å². The fraction of sp³-hybridized carbons (Fsp3) is 0.391. The van der Waals surface area contributed by atoms with Crippen LogP contribution in [-0.2, 0) is 13.1 Å². The molecule has 28 heavy (non-hydrogen) atoms. The number of rotatable bonds is 7. The zero-order valence-electron chi connectivity index (χ0n) is 16.5. The zero-order chi connectivity index (χ0) is 19.9. The van der Waals surface area contributed by atoms with Crippen molar-refractivity contribution in [3.05, 3.63) is 59.4 Å². The van der Waals surface area contributed by atoms with Crippen molar-refractivity contribution in [2.75, 3.05) is 33.4 Å². The number of piperazine rings is 1. The fourth-order valence-electron chi connectivity index (χ4n) is 3.60. The van der Waals surface area contributed by atoms with Crippen LogP contribution in [0.15, 0.2) is 42.5 Å². The molecule has 1 aliphatic rings. The Labute approximate surface area is 166 Å². The molecule has 0 spiro atoms. The molecule has 148 valence electrons.